The van der Waals surface area contributed by atoms with E-state index in [0.717, 1.165) is 14.7 Å². The van der Waals surface area contributed by atoms with Gasteiger partial charge in [0.2, 0.25) is 0 Å². The Bertz CT molecular complexity index is 630. The third-order valence-electron chi connectivity index (χ3n) is 3.40. The third-order valence-corrected chi connectivity index (χ3v) is 4.34. The molecule has 0 radical (unpaired) electrons. The number of halogens is 2. The zero-order valence-corrected chi connectivity index (χ0v) is 12.4. The molecule has 0 fully saturated rings. The predicted octanol–water partition coefficient (Wildman–Crippen LogP) is 3.51. The monoisotopic (exact) mass is 369 g/mol. The first-order valence-electron chi connectivity index (χ1n) is 6.05. The van der Waals surface area contributed by atoms with Crippen LogP contribution in [0.25, 0.3) is 0 Å². The van der Waals surface area contributed by atoms with E-state index in [2.05, 4.69) is 34.7 Å². The first kappa shape index (κ1) is 13.0. The van der Waals surface area contributed by atoms with Gasteiger partial charge in [-0.25, -0.2) is 4.39 Å². The van der Waals surface area contributed by atoms with E-state index in [-0.39, 0.29) is 11.9 Å². The second-order valence-electron chi connectivity index (χ2n) is 4.66. The molecular formula is C15H13FINO. The number of hydrogen-bond donors (Lipinski definition) is 1. The maximum Gasteiger partial charge on any atom is 0.124 e. The molecule has 0 bridgehead atoms. The molecule has 1 aliphatic rings. The lowest BCUT2D eigenvalue weighted by Gasteiger charge is -2.15. The van der Waals surface area contributed by atoms with Gasteiger partial charge in [0, 0.05) is 3.57 Å². The molecule has 2 N–H and O–H groups in total. The lowest BCUT2D eigenvalue weighted by Crippen LogP contribution is -2.13. The maximum absolute atomic E-state index is 13.1. The van der Waals surface area contributed by atoms with Crippen molar-refractivity contribution in [3.05, 3.63) is 68.0 Å². The fraction of sp³-hybridized carbons (Fsp3) is 0.200. The first-order chi connectivity index (χ1) is 9.15. The highest BCUT2D eigenvalue weighted by Gasteiger charge is 2.17. The van der Waals surface area contributed by atoms with Gasteiger partial charge in [0.25, 0.3) is 0 Å². The summed E-state index contributed by atoms with van der Waals surface area (Å²) in [5, 5.41) is 0. The number of fused-ring (bicyclic) bond motifs is 1. The minimum Gasteiger partial charge on any atom is -0.372 e. The molecule has 2 aromatic carbocycles. The Morgan fingerprint density at radius 2 is 1.89 bits per heavy atom. The highest BCUT2D eigenvalue weighted by atomic mass is 127. The highest BCUT2D eigenvalue weighted by molar-refractivity contribution is 14.1. The molecule has 98 valence electrons. The Labute approximate surface area is 124 Å². The van der Waals surface area contributed by atoms with Gasteiger partial charge in [0.1, 0.15) is 5.82 Å². The smallest absolute Gasteiger partial charge is 0.124 e. The second kappa shape index (κ2) is 5.19. The van der Waals surface area contributed by atoms with Crippen molar-refractivity contribution in [2.24, 2.45) is 5.73 Å². The van der Waals surface area contributed by atoms with Gasteiger partial charge in [-0.2, -0.15) is 0 Å². The lowest BCUT2D eigenvalue weighted by molar-refractivity contribution is 0.134. The fourth-order valence-corrected chi connectivity index (χ4v) is 3.13. The van der Waals surface area contributed by atoms with Crippen molar-refractivity contribution >= 4 is 22.6 Å². The summed E-state index contributed by atoms with van der Waals surface area (Å²) in [4.78, 5) is 0. The van der Waals surface area contributed by atoms with Crippen molar-refractivity contribution in [2.75, 3.05) is 0 Å². The number of rotatable bonds is 2. The molecule has 1 unspecified atom stereocenters. The van der Waals surface area contributed by atoms with Crippen molar-refractivity contribution in [2.45, 2.75) is 19.3 Å². The topological polar surface area (TPSA) is 35.2 Å². The molecule has 3 rings (SSSR count). The van der Waals surface area contributed by atoms with E-state index in [0.29, 0.717) is 13.2 Å². The minimum absolute atomic E-state index is 0.234. The van der Waals surface area contributed by atoms with E-state index < -0.39 is 0 Å². The summed E-state index contributed by atoms with van der Waals surface area (Å²) in [5.74, 6) is -0.234. The van der Waals surface area contributed by atoms with Crippen LogP contribution in [0.3, 0.4) is 0 Å². The molecule has 0 aromatic heterocycles. The highest BCUT2D eigenvalue weighted by Crippen LogP contribution is 2.28. The van der Waals surface area contributed by atoms with E-state index in [4.69, 9.17) is 10.5 Å². The summed E-state index contributed by atoms with van der Waals surface area (Å²) in [6.45, 7) is 1.33. The predicted molar refractivity (Wildman–Crippen MR) is 80.1 cm³/mol. The van der Waals surface area contributed by atoms with Crippen molar-refractivity contribution in [3.63, 3.8) is 0 Å². The molecule has 2 aromatic rings. The average Bonchev–Trinajstić information content (AvgIpc) is 2.85. The molecule has 1 aliphatic heterocycles. The Hall–Kier alpha value is -0.980. The van der Waals surface area contributed by atoms with Crippen LogP contribution in [0.1, 0.15) is 28.3 Å². The molecule has 0 saturated heterocycles. The standard InChI is InChI=1S/C15H13FINO/c16-12-3-4-13(14(17)6-12)15(18)9-1-2-10-7-19-8-11(10)5-9/h1-6,15H,7-8,18H2. The Morgan fingerprint density at radius 1 is 1.11 bits per heavy atom. The number of ether oxygens (including phenoxy) is 1. The zero-order chi connectivity index (χ0) is 13.4. The van der Waals surface area contributed by atoms with Gasteiger partial charge in [-0.1, -0.05) is 24.3 Å². The molecule has 0 aliphatic carbocycles. The quantitative estimate of drug-likeness (QED) is 0.823. The van der Waals surface area contributed by atoms with E-state index in [1.807, 2.05) is 6.07 Å². The molecule has 1 heterocycles. The van der Waals surface area contributed by atoms with Crippen LogP contribution in [-0.2, 0) is 18.0 Å². The van der Waals surface area contributed by atoms with E-state index in [9.17, 15) is 4.39 Å². The van der Waals surface area contributed by atoms with E-state index in [1.54, 1.807) is 6.07 Å². The molecule has 0 saturated carbocycles. The van der Waals surface area contributed by atoms with Gasteiger partial charge in [0.15, 0.2) is 0 Å². The van der Waals surface area contributed by atoms with Crippen LogP contribution in [0.5, 0.6) is 0 Å². The summed E-state index contributed by atoms with van der Waals surface area (Å²) in [7, 11) is 0. The van der Waals surface area contributed by atoms with Gasteiger partial charge in [-0.3, -0.25) is 0 Å². The average molecular weight is 369 g/mol. The van der Waals surface area contributed by atoms with Crippen molar-refractivity contribution < 1.29 is 9.13 Å². The van der Waals surface area contributed by atoms with Crippen LogP contribution in [0.15, 0.2) is 36.4 Å². The summed E-state index contributed by atoms with van der Waals surface area (Å²) in [5.41, 5.74) is 10.7. The van der Waals surface area contributed by atoms with Crippen LogP contribution in [0.4, 0.5) is 4.39 Å². The van der Waals surface area contributed by atoms with Crippen molar-refractivity contribution in [1.29, 1.82) is 0 Å². The second-order valence-corrected chi connectivity index (χ2v) is 5.83. The molecule has 19 heavy (non-hydrogen) atoms. The van der Waals surface area contributed by atoms with E-state index in [1.165, 1.54) is 23.3 Å². The Balaban J connectivity index is 1.97. The van der Waals surface area contributed by atoms with Gasteiger partial charge >= 0.3 is 0 Å². The normalized spacial score (nSPS) is 15.3. The van der Waals surface area contributed by atoms with Gasteiger partial charge < -0.3 is 10.5 Å². The fourth-order valence-electron chi connectivity index (χ4n) is 2.32. The van der Waals surface area contributed by atoms with Crippen molar-refractivity contribution in [3.8, 4) is 0 Å². The molecular weight excluding hydrogens is 356 g/mol. The van der Waals surface area contributed by atoms with Gasteiger partial charge in [-0.15, -0.1) is 0 Å². The van der Waals surface area contributed by atoms with Gasteiger partial charge in [-0.05, 0) is 57.0 Å². The largest absolute Gasteiger partial charge is 0.372 e. The van der Waals surface area contributed by atoms with Crippen molar-refractivity contribution in [1.82, 2.24) is 0 Å². The minimum atomic E-state index is -0.238. The number of benzene rings is 2. The summed E-state index contributed by atoms with van der Waals surface area (Å²) < 4.78 is 19.4. The summed E-state index contributed by atoms with van der Waals surface area (Å²) in [6, 6.07) is 10.7. The molecule has 2 nitrogen and oxygen atoms in total. The molecule has 4 heteroatoms. The van der Waals surface area contributed by atoms with Gasteiger partial charge in [0.05, 0.1) is 19.3 Å². The van der Waals surface area contributed by atoms with E-state index >= 15 is 0 Å². The SMILES string of the molecule is NC(c1ccc2c(c1)COC2)c1ccc(F)cc1I. The Kier molecular flexibility index (Phi) is 3.56. The maximum atomic E-state index is 13.1. The Morgan fingerprint density at radius 3 is 2.68 bits per heavy atom. The van der Waals surface area contributed by atoms with Crippen LogP contribution in [-0.4, -0.2) is 0 Å². The molecule has 0 spiro atoms. The zero-order valence-electron chi connectivity index (χ0n) is 10.2. The van der Waals surface area contributed by atoms with Crippen LogP contribution in [0, 0.1) is 9.39 Å². The summed E-state index contributed by atoms with van der Waals surface area (Å²) >= 11 is 2.12. The summed E-state index contributed by atoms with van der Waals surface area (Å²) in [6.07, 6.45) is 0. The molecule has 1 atom stereocenters. The number of hydrogen-bond acceptors (Lipinski definition) is 2. The van der Waals surface area contributed by atoms with Crippen LogP contribution >= 0.6 is 22.6 Å². The lowest BCUT2D eigenvalue weighted by atomic mass is 9.96. The molecule has 0 amide bonds. The third kappa shape index (κ3) is 2.52. The van der Waals surface area contributed by atoms with Crippen LogP contribution in [0.2, 0.25) is 0 Å². The number of nitrogens with two attached hydrogens (primary N) is 1. The van der Waals surface area contributed by atoms with Crippen LogP contribution < -0.4 is 5.73 Å². The first-order valence-corrected chi connectivity index (χ1v) is 7.13.